The predicted octanol–water partition coefficient (Wildman–Crippen LogP) is 0.728. The van der Waals surface area contributed by atoms with Crippen molar-refractivity contribution in [3.8, 4) is 0 Å². The van der Waals surface area contributed by atoms with E-state index in [1.165, 1.54) is 19.5 Å². The van der Waals surface area contributed by atoms with Gasteiger partial charge in [0.05, 0.1) is 0 Å². The normalized spacial score (nSPS) is 49.3. The molecule has 0 aromatic heterocycles. The monoisotopic (exact) mass is 115 g/mol. The molecule has 1 saturated carbocycles. The molecule has 0 amide bonds. The zero-order valence-electron chi connectivity index (χ0n) is 4.30. The van der Waals surface area contributed by atoms with E-state index in [9.17, 15) is 0 Å². The smallest absolute Gasteiger partial charge is 0.00479 e. The van der Waals surface area contributed by atoms with E-state index in [1.807, 2.05) is 0 Å². The van der Waals surface area contributed by atoms with Crippen LogP contribution in [0, 0.1) is 11.8 Å². The largest absolute Gasteiger partial charge is 0.287 e. The molecule has 2 rings (SSSR count). The first kappa shape index (κ1) is 4.29. The van der Waals surface area contributed by atoms with Crippen molar-refractivity contribution in [3.05, 3.63) is 0 Å². The van der Waals surface area contributed by atoms with E-state index in [0.29, 0.717) is 0 Å². The highest BCUT2D eigenvalue weighted by molar-refractivity contribution is 7.13. The first-order chi connectivity index (χ1) is 3.36. The topological polar surface area (TPSA) is 3.24 Å². The Bertz CT molecular complexity index is 84.1. The molecule has 1 heterocycles. The summed E-state index contributed by atoms with van der Waals surface area (Å²) in [5, 5.41) is 0. The number of hydrogen-bond donors (Lipinski definition) is 0. The fourth-order valence-corrected chi connectivity index (χ4v) is 1.98. The highest BCUT2D eigenvalue weighted by Crippen LogP contribution is 2.45. The number of piperidine rings is 1. The van der Waals surface area contributed by atoms with Crippen LogP contribution >= 0.6 is 9.39 Å². The Morgan fingerprint density at radius 2 is 1.86 bits per heavy atom. The molecule has 0 N–H and O–H groups in total. The molecule has 3 atom stereocenters. The number of fused-ring (bicyclic) bond motifs is 1. The summed E-state index contributed by atoms with van der Waals surface area (Å²) in [5.74, 6) is 2.19. The van der Waals surface area contributed by atoms with Crippen LogP contribution in [0.5, 0.6) is 0 Å². The van der Waals surface area contributed by atoms with Crippen LogP contribution in [0.4, 0.5) is 0 Å². The van der Waals surface area contributed by atoms with Crippen LogP contribution in [0.1, 0.15) is 6.42 Å². The van der Waals surface area contributed by atoms with Gasteiger partial charge in [0.25, 0.3) is 0 Å². The lowest BCUT2D eigenvalue weighted by Crippen LogP contribution is -2.07. The molecule has 1 saturated heterocycles. The molecule has 0 aromatic rings. The van der Waals surface area contributed by atoms with Crippen LogP contribution in [0.3, 0.4) is 0 Å². The van der Waals surface area contributed by atoms with E-state index >= 15 is 0 Å². The maximum atomic E-state index is 2.76. The number of hydrogen-bond acceptors (Lipinski definition) is 1. The van der Waals surface area contributed by atoms with Crippen molar-refractivity contribution in [1.82, 2.24) is 4.67 Å². The SMILES string of the molecule is PN1C[C@H]2C[C@H]2C1. The second-order valence-corrected chi connectivity index (χ2v) is 3.44. The lowest BCUT2D eigenvalue weighted by molar-refractivity contribution is 0.517. The Hall–Kier alpha value is 0.390. The molecule has 40 valence electrons. The Morgan fingerprint density at radius 3 is 2.14 bits per heavy atom. The van der Waals surface area contributed by atoms with Crippen molar-refractivity contribution in [2.75, 3.05) is 13.1 Å². The van der Waals surface area contributed by atoms with Gasteiger partial charge in [0.1, 0.15) is 0 Å². The summed E-state index contributed by atoms with van der Waals surface area (Å²) in [7, 11) is 2.76. The molecule has 0 spiro atoms. The summed E-state index contributed by atoms with van der Waals surface area (Å²) >= 11 is 0. The molecule has 1 aliphatic carbocycles. The molecule has 0 bridgehead atoms. The van der Waals surface area contributed by atoms with Crippen molar-refractivity contribution >= 4 is 9.39 Å². The van der Waals surface area contributed by atoms with E-state index in [-0.39, 0.29) is 0 Å². The molecule has 1 aliphatic heterocycles. The third-order valence-corrected chi connectivity index (χ3v) is 2.43. The molecule has 2 fully saturated rings. The van der Waals surface area contributed by atoms with Gasteiger partial charge in [-0.05, 0) is 18.3 Å². The van der Waals surface area contributed by atoms with E-state index in [1.54, 1.807) is 0 Å². The molecule has 1 unspecified atom stereocenters. The van der Waals surface area contributed by atoms with Crippen LogP contribution in [0.25, 0.3) is 0 Å². The van der Waals surface area contributed by atoms with Crippen LogP contribution in [0.2, 0.25) is 0 Å². The highest BCUT2D eigenvalue weighted by atomic mass is 31.0. The standard InChI is InChI=1S/C5H10NP/c7-6-2-4-1-5(4)3-6/h4-5H,1-3,7H2/t4-,5+. The summed E-state index contributed by atoms with van der Waals surface area (Å²) in [5.41, 5.74) is 0. The van der Waals surface area contributed by atoms with Gasteiger partial charge >= 0.3 is 0 Å². The highest BCUT2D eigenvalue weighted by Gasteiger charge is 2.43. The third-order valence-electron chi connectivity index (χ3n) is 2.01. The first-order valence-electron chi connectivity index (χ1n) is 2.86. The number of rotatable bonds is 0. The van der Waals surface area contributed by atoms with Crippen LogP contribution in [-0.4, -0.2) is 17.8 Å². The average Bonchev–Trinajstić information content (AvgIpc) is 2.15. The zero-order valence-corrected chi connectivity index (χ0v) is 5.46. The van der Waals surface area contributed by atoms with Crippen molar-refractivity contribution in [1.29, 1.82) is 0 Å². The summed E-state index contributed by atoms with van der Waals surface area (Å²) in [6.07, 6.45) is 1.52. The van der Waals surface area contributed by atoms with Crippen molar-refractivity contribution < 1.29 is 0 Å². The molecular formula is C5H10NP. The summed E-state index contributed by atoms with van der Waals surface area (Å²) in [6, 6.07) is 0. The van der Waals surface area contributed by atoms with E-state index in [4.69, 9.17) is 0 Å². The van der Waals surface area contributed by atoms with Gasteiger partial charge in [0, 0.05) is 13.1 Å². The Balaban J connectivity index is 2.02. The zero-order chi connectivity index (χ0) is 4.85. The third kappa shape index (κ3) is 0.595. The Labute approximate surface area is 46.3 Å². The minimum absolute atomic E-state index is 1.09. The van der Waals surface area contributed by atoms with E-state index in [0.717, 1.165) is 11.8 Å². The van der Waals surface area contributed by atoms with Gasteiger partial charge in [0.2, 0.25) is 0 Å². The van der Waals surface area contributed by atoms with Crippen molar-refractivity contribution in [3.63, 3.8) is 0 Å². The van der Waals surface area contributed by atoms with E-state index < -0.39 is 0 Å². The lowest BCUT2D eigenvalue weighted by Gasteiger charge is -2.06. The minimum Gasteiger partial charge on any atom is -0.287 e. The lowest BCUT2D eigenvalue weighted by atomic mass is 10.4. The summed E-state index contributed by atoms with van der Waals surface area (Å²) in [6.45, 7) is 2.69. The second-order valence-electron chi connectivity index (χ2n) is 2.71. The summed E-state index contributed by atoms with van der Waals surface area (Å²) < 4.78 is 2.35. The van der Waals surface area contributed by atoms with Gasteiger partial charge < -0.3 is 0 Å². The maximum Gasteiger partial charge on any atom is 0.00479 e. The molecule has 0 radical (unpaired) electrons. The molecule has 2 heteroatoms. The molecule has 7 heavy (non-hydrogen) atoms. The van der Waals surface area contributed by atoms with Gasteiger partial charge in [-0.2, -0.15) is 0 Å². The quantitative estimate of drug-likeness (QED) is 0.420. The summed E-state index contributed by atoms with van der Waals surface area (Å²) in [4.78, 5) is 0. The molecule has 2 aliphatic rings. The maximum absolute atomic E-state index is 2.76. The Kier molecular flexibility index (Phi) is 0.741. The Morgan fingerprint density at radius 1 is 1.29 bits per heavy atom. The van der Waals surface area contributed by atoms with Gasteiger partial charge in [-0.25, -0.2) is 0 Å². The van der Waals surface area contributed by atoms with Crippen LogP contribution in [-0.2, 0) is 0 Å². The average molecular weight is 115 g/mol. The second kappa shape index (κ2) is 1.21. The number of nitrogens with zero attached hydrogens (tertiary/aromatic N) is 1. The fraction of sp³-hybridized carbons (Fsp3) is 1.00. The molecular weight excluding hydrogens is 105 g/mol. The molecule has 0 aromatic carbocycles. The van der Waals surface area contributed by atoms with Crippen molar-refractivity contribution in [2.45, 2.75) is 6.42 Å². The van der Waals surface area contributed by atoms with Crippen molar-refractivity contribution in [2.24, 2.45) is 11.8 Å². The fourth-order valence-electron chi connectivity index (χ4n) is 1.43. The van der Waals surface area contributed by atoms with Gasteiger partial charge in [0.15, 0.2) is 0 Å². The van der Waals surface area contributed by atoms with E-state index in [2.05, 4.69) is 14.1 Å². The van der Waals surface area contributed by atoms with Crippen LogP contribution < -0.4 is 0 Å². The van der Waals surface area contributed by atoms with Gasteiger partial charge in [-0.1, -0.05) is 9.39 Å². The van der Waals surface area contributed by atoms with Gasteiger partial charge in [-0.15, -0.1) is 0 Å². The predicted molar refractivity (Wildman–Crippen MR) is 32.9 cm³/mol. The first-order valence-corrected chi connectivity index (χ1v) is 3.37. The van der Waals surface area contributed by atoms with Crippen LogP contribution in [0.15, 0.2) is 0 Å². The minimum atomic E-state index is 1.09. The molecule has 1 nitrogen and oxygen atoms in total. The van der Waals surface area contributed by atoms with Gasteiger partial charge in [-0.3, -0.25) is 4.67 Å².